The van der Waals surface area contributed by atoms with E-state index in [1.807, 2.05) is 19.1 Å². The molecule has 29 heavy (non-hydrogen) atoms. The smallest absolute Gasteiger partial charge is 0.255 e. The van der Waals surface area contributed by atoms with E-state index in [0.717, 1.165) is 5.56 Å². The van der Waals surface area contributed by atoms with Crippen molar-refractivity contribution < 1.29 is 14.3 Å². The number of carbonyl (C=O) groups is 2. The summed E-state index contributed by atoms with van der Waals surface area (Å²) in [7, 11) is 1.45. The molecule has 0 saturated carbocycles. The Labute approximate surface area is 178 Å². The summed E-state index contributed by atoms with van der Waals surface area (Å²) in [6.07, 6.45) is 0. The average Bonchev–Trinajstić information content (AvgIpc) is 2.70. The minimum atomic E-state index is -0.388. The molecule has 148 valence electrons. The van der Waals surface area contributed by atoms with E-state index in [0.29, 0.717) is 22.7 Å². The Morgan fingerprint density at radius 2 is 1.45 bits per heavy atom. The van der Waals surface area contributed by atoms with Crippen LogP contribution in [0.25, 0.3) is 0 Å². The number of rotatable bonds is 5. The molecule has 3 aromatic rings. The third-order valence-corrected chi connectivity index (χ3v) is 4.81. The van der Waals surface area contributed by atoms with Gasteiger partial charge in [-0.05, 0) is 48.9 Å². The number of hydrogen-bond acceptors (Lipinski definition) is 3. The van der Waals surface area contributed by atoms with E-state index in [2.05, 4.69) is 10.6 Å². The van der Waals surface area contributed by atoms with E-state index in [1.165, 1.54) is 19.2 Å². The number of anilines is 2. The molecular formula is C22H18Cl2N2O3. The Balaban J connectivity index is 1.79. The van der Waals surface area contributed by atoms with Gasteiger partial charge in [0.25, 0.3) is 11.8 Å². The van der Waals surface area contributed by atoms with Crippen LogP contribution in [0.1, 0.15) is 26.3 Å². The molecule has 0 aliphatic carbocycles. The standard InChI is InChI=1S/C22H18Cl2N2O3/c1-13-8-9-16(12-19(13)26-21(27)14-6-4-3-5-7-14)25-22(28)15-10-17(23)20(29-2)18(24)11-15/h3-12H,1-2H3,(H,25,28)(H,26,27). The summed E-state index contributed by atoms with van der Waals surface area (Å²) >= 11 is 12.2. The maximum atomic E-state index is 12.6. The number of hydrogen-bond donors (Lipinski definition) is 2. The van der Waals surface area contributed by atoms with Gasteiger partial charge >= 0.3 is 0 Å². The molecule has 0 heterocycles. The van der Waals surface area contributed by atoms with Gasteiger partial charge in [-0.15, -0.1) is 0 Å². The summed E-state index contributed by atoms with van der Waals surface area (Å²) in [5.41, 5.74) is 2.82. The topological polar surface area (TPSA) is 67.4 Å². The van der Waals surface area contributed by atoms with E-state index in [1.54, 1.807) is 36.4 Å². The fraction of sp³-hybridized carbons (Fsp3) is 0.0909. The van der Waals surface area contributed by atoms with Crippen LogP contribution in [0, 0.1) is 6.92 Å². The minimum absolute atomic E-state index is 0.231. The van der Waals surface area contributed by atoms with E-state index < -0.39 is 0 Å². The lowest BCUT2D eigenvalue weighted by atomic mass is 10.1. The van der Waals surface area contributed by atoms with E-state index >= 15 is 0 Å². The van der Waals surface area contributed by atoms with Crippen molar-refractivity contribution in [1.29, 1.82) is 0 Å². The molecule has 0 aliphatic heterocycles. The van der Waals surface area contributed by atoms with Gasteiger partial charge < -0.3 is 15.4 Å². The number of nitrogens with one attached hydrogen (secondary N) is 2. The summed E-state index contributed by atoms with van der Waals surface area (Å²) in [4.78, 5) is 25.0. The molecule has 0 radical (unpaired) electrons. The molecule has 0 aromatic heterocycles. The van der Waals surface area contributed by atoms with Gasteiger partial charge in [0.2, 0.25) is 0 Å². The van der Waals surface area contributed by atoms with Gasteiger partial charge in [-0.25, -0.2) is 0 Å². The number of halogens is 2. The van der Waals surface area contributed by atoms with Crippen molar-refractivity contribution in [3.8, 4) is 5.75 Å². The van der Waals surface area contributed by atoms with Gasteiger partial charge in [0.1, 0.15) is 0 Å². The second kappa shape index (κ2) is 8.99. The van der Waals surface area contributed by atoms with Crippen LogP contribution >= 0.6 is 23.2 Å². The monoisotopic (exact) mass is 428 g/mol. The molecule has 0 unspecified atom stereocenters. The molecule has 5 nitrogen and oxygen atoms in total. The second-order valence-corrected chi connectivity index (χ2v) is 7.09. The lowest BCUT2D eigenvalue weighted by Crippen LogP contribution is -2.15. The van der Waals surface area contributed by atoms with Gasteiger partial charge in [-0.1, -0.05) is 47.5 Å². The summed E-state index contributed by atoms with van der Waals surface area (Å²) in [6, 6.07) is 17.1. The van der Waals surface area contributed by atoms with Gasteiger partial charge in [0, 0.05) is 22.5 Å². The van der Waals surface area contributed by atoms with E-state index in [-0.39, 0.29) is 27.4 Å². The molecule has 0 bridgehead atoms. The minimum Gasteiger partial charge on any atom is -0.494 e. The first-order chi connectivity index (χ1) is 13.9. The number of ether oxygens (including phenoxy) is 1. The fourth-order valence-corrected chi connectivity index (χ4v) is 3.35. The SMILES string of the molecule is COc1c(Cl)cc(C(=O)Nc2ccc(C)c(NC(=O)c3ccccc3)c2)cc1Cl. The number of carbonyl (C=O) groups excluding carboxylic acids is 2. The van der Waals surface area contributed by atoms with Crippen molar-refractivity contribution in [3.05, 3.63) is 87.4 Å². The number of aryl methyl sites for hydroxylation is 1. The number of methoxy groups -OCH3 is 1. The zero-order chi connectivity index (χ0) is 21.0. The molecule has 3 aromatic carbocycles. The first kappa shape index (κ1) is 20.7. The normalized spacial score (nSPS) is 10.3. The first-order valence-electron chi connectivity index (χ1n) is 8.70. The Bertz CT molecular complexity index is 1050. The molecule has 0 atom stereocenters. The predicted octanol–water partition coefficient (Wildman–Crippen LogP) is 5.82. The molecule has 0 spiro atoms. The summed E-state index contributed by atoms with van der Waals surface area (Å²) in [5.74, 6) is -0.308. The first-order valence-corrected chi connectivity index (χ1v) is 9.46. The third-order valence-electron chi connectivity index (χ3n) is 4.24. The van der Waals surface area contributed by atoms with Crippen LogP contribution in [0.5, 0.6) is 5.75 Å². The van der Waals surface area contributed by atoms with Crippen LogP contribution in [0.3, 0.4) is 0 Å². The predicted molar refractivity (Wildman–Crippen MR) is 117 cm³/mol. The Hall–Kier alpha value is -3.02. The third kappa shape index (κ3) is 4.88. The summed E-state index contributed by atoms with van der Waals surface area (Å²) < 4.78 is 5.10. The van der Waals surface area contributed by atoms with Crippen LogP contribution < -0.4 is 15.4 Å². The van der Waals surface area contributed by atoms with Crippen molar-refractivity contribution in [2.24, 2.45) is 0 Å². The van der Waals surface area contributed by atoms with Crippen LogP contribution in [-0.2, 0) is 0 Å². The van der Waals surface area contributed by atoms with Crippen LogP contribution in [0.15, 0.2) is 60.7 Å². The van der Waals surface area contributed by atoms with Gasteiger partial charge in [0.05, 0.1) is 17.2 Å². The van der Waals surface area contributed by atoms with Gasteiger partial charge in [-0.2, -0.15) is 0 Å². The number of amides is 2. The summed E-state index contributed by atoms with van der Waals surface area (Å²) in [6.45, 7) is 1.87. The highest BCUT2D eigenvalue weighted by Gasteiger charge is 2.15. The van der Waals surface area contributed by atoms with Gasteiger partial charge in [-0.3, -0.25) is 9.59 Å². The van der Waals surface area contributed by atoms with E-state index in [4.69, 9.17) is 27.9 Å². The Kier molecular flexibility index (Phi) is 6.42. The number of benzene rings is 3. The Morgan fingerprint density at radius 1 is 0.828 bits per heavy atom. The lowest BCUT2D eigenvalue weighted by Gasteiger charge is -2.13. The van der Waals surface area contributed by atoms with Crippen LogP contribution in [0.4, 0.5) is 11.4 Å². The molecule has 0 fully saturated rings. The van der Waals surface area contributed by atoms with Crippen molar-refractivity contribution in [2.45, 2.75) is 6.92 Å². The fourth-order valence-electron chi connectivity index (χ4n) is 2.71. The summed E-state index contributed by atoms with van der Waals surface area (Å²) in [5, 5.41) is 6.13. The second-order valence-electron chi connectivity index (χ2n) is 6.28. The molecular weight excluding hydrogens is 411 g/mol. The lowest BCUT2D eigenvalue weighted by molar-refractivity contribution is 0.101. The Morgan fingerprint density at radius 3 is 2.07 bits per heavy atom. The van der Waals surface area contributed by atoms with Crippen molar-refractivity contribution >= 4 is 46.4 Å². The largest absolute Gasteiger partial charge is 0.494 e. The highest BCUT2D eigenvalue weighted by atomic mass is 35.5. The maximum Gasteiger partial charge on any atom is 0.255 e. The molecule has 2 N–H and O–H groups in total. The van der Waals surface area contributed by atoms with Crippen LogP contribution in [-0.4, -0.2) is 18.9 Å². The molecule has 0 aliphatic rings. The molecule has 7 heteroatoms. The molecule has 3 rings (SSSR count). The zero-order valence-corrected chi connectivity index (χ0v) is 17.3. The van der Waals surface area contributed by atoms with Crippen molar-refractivity contribution in [3.63, 3.8) is 0 Å². The highest BCUT2D eigenvalue weighted by molar-refractivity contribution is 6.37. The zero-order valence-electron chi connectivity index (χ0n) is 15.8. The van der Waals surface area contributed by atoms with Crippen LogP contribution in [0.2, 0.25) is 10.0 Å². The van der Waals surface area contributed by atoms with Gasteiger partial charge in [0.15, 0.2) is 5.75 Å². The molecule has 0 saturated heterocycles. The quantitative estimate of drug-likeness (QED) is 0.538. The van der Waals surface area contributed by atoms with Crippen molar-refractivity contribution in [2.75, 3.05) is 17.7 Å². The maximum absolute atomic E-state index is 12.6. The van der Waals surface area contributed by atoms with E-state index in [9.17, 15) is 9.59 Å². The highest BCUT2D eigenvalue weighted by Crippen LogP contribution is 2.34. The average molecular weight is 429 g/mol. The molecule has 2 amide bonds. The van der Waals surface area contributed by atoms with Crippen molar-refractivity contribution in [1.82, 2.24) is 0 Å².